The van der Waals surface area contributed by atoms with Gasteiger partial charge in [0.15, 0.2) is 0 Å². The predicted molar refractivity (Wildman–Crippen MR) is 75.7 cm³/mol. The molecule has 5 N–H and O–H groups in total. The maximum absolute atomic E-state index is 9.18. The van der Waals surface area contributed by atoms with Gasteiger partial charge in [-0.25, -0.2) is 4.98 Å². The van der Waals surface area contributed by atoms with Gasteiger partial charge in [0.05, 0.1) is 11.2 Å². The molecular formula is C12H8ClN7. The normalized spacial score (nSPS) is 10.6. The van der Waals surface area contributed by atoms with Crippen molar-refractivity contribution >= 4 is 34.3 Å². The molecule has 20 heavy (non-hydrogen) atoms. The summed E-state index contributed by atoms with van der Waals surface area (Å²) in [5.74, 6) is 0.0586. The Morgan fingerprint density at radius 1 is 1.25 bits per heavy atom. The number of nitrogens with two attached hydrogens (primary N) is 2. The zero-order chi connectivity index (χ0) is 14.3. The zero-order valence-corrected chi connectivity index (χ0v) is 10.8. The Morgan fingerprint density at radius 2 is 2.05 bits per heavy atom. The number of nitriles is 1. The molecule has 0 unspecified atom stereocenters. The highest BCUT2D eigenvalue weighted by atomic mass is 35.5. The number of benzene rings is 1. The lowest BCUT2D eigenvalue weighted by molar-refractivity contribution is 1.12. The number of aromatic nitrogens is 4. The van der Waals surface area contributed by atoms with E-state index in [4.69, 9.17) is 23.1 Å². The van der Waals surface area contributed by atoms with E-state index in [1.807, 2.05) is 6.07 Å². The number of halogens is 1. The molecular weight excluding hydrogens is 278 g/mol. The Hall–Kier alpha value is -2.85. The summed E-state index contributed by atoms with van der Waals surface area (Å²) in [6.07, 6.45) is 0. The van der Waals surface area contributed by atoms with Gasteiger partial charge in [0.2, 0.25) is 5.95 Å². The summed E-state index contributed by atoms with van der Waals surface area (Å²) >= 11 is 6.00. The number of anilines is 2. The fourth-order valence-electron chi connectivity index (χ4n) is 1.94. The lowest BCUT2D eigenvalue weighted by atomic mass is 10.1. The lowest BCUT2D eigenvalue weighted by Crippen LogP contribution is -2.04. The topological polar surface area (TPSA) is 130 Å². The van der Waals surface area contributed by atoms with E-state index in [2.05, 4.69) is 20.2 Å². The summed E-state index contributed by atoms with van der Waals surface area (Å²) in [6, 6.07) is 7.28. The first-order valence-corrected chi connectivity index (χ1v) is 5.95. The van der Waals surface area contributed by atoms with Crippen LogP contribution in [0.4, 0.5) is 11.8 Å². The molecule has 0 atom stereocenters. The number of H-pyrrole nitrogens is 1. The Bertz CT molecular complexity index is 862. The van der Waals surface area contributed by atoms with E-state index >= 15 is 0 Å². The Labute approximate surface area is 118 Å². The monoisotopic (exact) mass is 285 g/mol. The summed E-state index contributed by atoms with van der Waals surface area (Å²) in [5, 5.41) is 17.0. The van der Waals surface area contributed by atoms with Crippen LogP contribution in [0.5, 0.6) is 0 Å². The molecule has 0 aliphatic rings. The average molecular weight is 286 g/mol. The summed E-state index contributed by atoms with van der Waals surface area (Å²) in [7, 11) is 0. The molecule has 0 aliphatic carbocycles. The van der Waals surface area contributed by atoms with Crippen LogP contribution >= 0.6 is 11.6 Å². The fraction of sp³-hybridized carbons (Fsp3) is 0. The average Bonchev–Trinajstić information content (AvgIpc) is 2.79. The number of hydrogen-bond acceptors (Lipinski definition) is 6. The molecule has 1 aromatic carbocycles. The Balaban J connectivity index is 2.30. The third-order valence-corrected chi connectivity index (χ3v) is 3.14. The SMILES string of the molecule is N#Cc1c(N)nc(N)nc1-c1ccc2n[nH]c(Cl)c2c1. The van der Waals surface area contributed by atoms with E-state index in [0.29, 0.717) is 21.9 Å². The van der Waals surface area contributed by atoms with Gasteiger partial charge in [-0.3, -0.25) is 5.10 Å². The molecule has 8 heteroatoms. The number of nitrogen functional groups attached to an aromatic ring is 2. The van der Waals surface area contributed by atoms with Gasteiger partial charge in [-0.1, -0.05) is 17.7 Å². The van der Waals surface area contributed by atoms with Crippen LogP contribution in [0.25, 0.3) is 22.2 Å². The zero-order valence-electron chi connectivity index (χ0n) is 10.1. The summed E-state index contributed by atoms with van der Waals surface area (Å²) in [6.45, 7) is 0. The highest BCUT2D eigenvalue weighted by Crippen LogP contribution is 2.29. The van der Waals surface area contributed by atoms with Crippen LogP contribution < -0.4 is 11.5 Å². The standard InChI is InChI=1S/C12H8ClN7/c13-10-6-3-5(1-2-8(6)19-20-10)9-7(4-14)11(15)18-12(16)17-9/h1-3H,(H,19,20)(H4,15,16,17,18). The van der Waals surface area contributed by atoms with Crippen molar-refractivity contribution in [3.8, 4) is 17.3 Å². The van der Waals surface area contributed by atoms with Crippen LogP contribution in [0, 0.1) is 11.3 Å². The number of nitrogens with one attached hydrogen (secondary N) is 1. The minimum absolute atomic E-state index is 0.00916. The van der Waals surface area contributed by atoms with E-state index < -0.39 is 0 Å². The molecule has 3 rings (SSSR count). The van der Waals surface area contributed by atoms with Crippen molar-refractivity contribution in [1.29, 1.82) is 5.26 Å². The van der Waals surface area contributed by atoms with E-state index in [0.717, 1.165) is 5.39 Å². The van der Waals surface area contributed by atoms with Crippen molar-refractivity contribution < 1.29 is 0 Å². The summed E-state index contributed by atoms with van der Waals surface area (Å²) < 4.78 is 0. The second-order valence-corrected chi connectivity index (χ2v) is 4.45. The van der Waals surface area contributed by atoms with Gasteiger partial charge in [0.1, 0.15) is 22.6 Å². The van der Waals surface area contributed by atoms with E-state index in [1.54, 1.807) is 18.2 Å². The number of fused-ring (bicyclic) bond motifs is 1. The Morgan fingerprint density at radius 3 is 2.80 bits per heavy atom. The molecule has 0 amide bonds. The minimum atomic E-state index is 0.00916. The van der Waals surface area contributed by atoms with Crippen molar-refractivity contribution in [2.75, 3.05) is 11.5 Å². The van der Waals surface area contributed by atoms with E-state index in [-0.39, 0.29) is 17.3 Å². The van der Waals surface area contributed by atoms with Gasteiger partial charge in [-0.2, -0.15) is 15.3 Å². The van der Waals surface area contributed by atoms with Crippen molar-refractivity contribution in [2.24, 2.45) is 0 Å². The highest BCUT2D eigenvalue weighted by Gasteiger charge is 2.14. The molecule has 0 fully saturated rings. The molecule has 0 aliphatic heterocycles. The fourth-order valence-corrected chi connectivity index (χ4v) is 2.13. The summed E-state index contributed by atoms with van der Waals surface area (Å²) in [4.78, 5) is 7.86. The van der Waals surface area contributed by atoms with Crippen molar-refractivity contribution in [3.63, 3.8) is 0 Å². The van der Waals surface area contributed by atoms with Gasteiger partial charge < -0.3 is 11.5 Å². The van der Waals surface area contributed by atoms with Crippen molar-refractivity contribution in [3.05, 3.63) is 28.9 Å². The smallest absolute Gasteiger partial charge is 0.222 e. The second kappa shape index (κ2) is 4.36. The predicted octanol–water partition coefficient (Wildman–Crippen LogP) is 1.71. The highest BCUT2D eigenvalue weighted by molar-refractivity contribution is 6.34. The molecule has 7 nitrogen and oxygen atoms in total. The molecule has 0 saturated heterocycles. The van der Waals surface area contributed by atoms with Crippen LogP contribution in [-0.2, 0) is 0 Å². The summed E-state index contributed by atoms with van der Waals surface area (Å²) in [5.41, 5.74) is 13.2. The first-order chi connectivity index (χ1) is 9.60. The van der Waals surface area contributed by atoms with Gasteiger partial charge in [-0.05, 0) is 12.1 Å². The Kier molecular flexibility index (Phi) is 2.66. The second-order valence-electron chi connectivity index (χ2n) is 4.07. The largest absolute Gasteiger partial charge is 0.382 e. The third kappa shape index (κ3) is 1.79. The molecule has 2 aromatic heterocycles. The maximum atomic E-state index is 9.18. The number of rotatable bonds is 1. The first kappa shape index (κ1) is 12.2. The van der Waals surface area contributed by atoms with Gasteiger partial charge >= 0.3 is 0 Å². The minimum Gasteiger partial charge on any atom is -0.382 e. The molecule has 2 heterocycles. The molecule has 0 saturated carbocycles. The van der Waals surface area contributed by atoms with Gasteiger partial charge in [-0.15, -0.1) is 0 Å². The maximum Gasteiger partial charge on any atom is 0.222 e. The van der Waals surface area contributed by atoms with Crippen LogP contribution in [0.3, 0.4) is 0 Å². The van der Waals surface area contributed by atoms with Gasteiger partial charge in [0, 0.05) is 10.9 Å². The molecule has 0 radical (unpaired) electrons. The molecule has 0 bridgehead atoms. The number of aromatic amines is 1. The van der Waals surface area contributed by atoms with E-state index in [1.165, 1.54) is 0 Å². The van der Waals surface area contributed by atoms with E-state index in [9.17, 15) is 5.26 Å². The van der Waals surface area contributed by atoms with Crippen LogP contribution in [0.15, 0.2) is 18.2 Å². The van der Waals surface area contributed by atoms with Crippen LogP contribution in [-0.4, -0.2) is 20.2 Å². The van der Waals surface area contributed by atoms with Gasteiger partial charge in [0.25, 0.3) is 0 Å². The van der Waals surface area contributed by atoms with Crippen LogP contribution in [0.1, 0.15) is 5.56 Å². The lowest BCUT2D eigenvalue weighted by Gasteiger charge is -2.06. The quantitative estimate of drug-likeness (QED) is 0.624. The molecule has 3 aromatic rings. The van der Waals surface area contributed by atoms with Crippen molar-refractivity contribution in [2.45, 2.75) is 0 Å². The third-order valence-electron chi connectivity index (χ3n) is 2.85. The van der Waals surface area contributed by atoms with Crippen molar-refractivity contribution in [1.82, 2.24) is 20.2 Å². The molecule has 0 spiro atoms. The van der Waals surface area contributed by atoms with Crippen LogP contribution in [0.2, 0.25) is 5.15 Å². The number of hydrogen-bond donors (Lipinski definition) is 3. The number of nitrogens with zero attached hydrogens (tertiary/aromatic N) is 4. The first-order valence-electron chi connectivity index (χ1n) is 5.57. The molecule has 98 valence electrons.